The van der Waals surface area contributed by atoms with Gasteiger partial charge in [-0.2, -0.15) is 0 Å². The number of hydrogen-bond donors (Lipinski definition) is 1. The van der Waals surface area contributed by atoms with Gasteiger partial charge in [0.15, 0.2) is 0 Å². The van der Waals surface area contributed by atoms with Gasteiger partial charge >= 0.3 is 0 Å². The fourth-order valence-corrected chi connectivity index (χ4v) is 2.70. The molecule has 1 aliphatic carbocycles. The summed E-state index contributed by atoms with van der Waals surface area (Å²) in [6, 6.07) is 5.13. The average Bonchev–Trinajstić information content (AvgIpc) is 2.20. The van der Waals surface area contributed by atoms with E-state index in [9.17, 15) is 4.39 Å². The average molecular weight is 221 g/mol. The lowest BCUT2D eigenvalue weighted by Gasteiger charge is -2.42. The minimum Gasteiger partial charge on any atom is -0.319 e. The van der Waals surface area contributed by atoms with Gasteiger partial charge < -0.3 is 5.32 Å². The van der Waals surface area contributed by atoms with Crippen LogP contribution in [0.1, 0.15) is 30.4 Å². The van der Waals surface area contributed by atoms with Crippen molar-refractivity contribution in [2.45, 2.75) is 32.6 Å². The lowest BCUT2D eigenvalue weighted by atomic mass is 9.65. The highest BCUT2D eigenvalue weighted by Gasteiger charge is 2.36. The molecule has 0 aromatic heterocycles. The minimum absolute atomic E-state index is 0.112. The van der Waals surface area contributed by atoms with E-state index in [1.807, 2.05) is 13.1 Å². The van der Waals surface area contributed by atoms with Gasteiger partial charge in [-0.3, -0.25) is 0 Å². The quantitative estimate of drug-likeness (QED) is 0.824. The van der Waals surface area contributed by atoms with E-state index >= 15 is 0 Å². The fraction of sp³-hybridized carbons (Fsp3) is 0.571. The summed E-state index contributed by atoms with van der Waals surface area (Å²) in [6.07, 6.45) is 4.86. The van der Waals surface area contributed by atoms with Crippen LogP contribution in [-0.4, -0.2) is 13.6 Å². The van der Waals surface area contributed by atoms with Crippen LogP contribution in [0.4, 0.5) is 4.39 Å². The van der Waals surface area contributed by atoms with Crippen molar-refractivity contribution < 1.29 is 4.39 Å². The Kier molecular flexibility index (Phi) is 3.29. The SMILES string of the molecule is CNCC1(Cc2cc(F)ccc2C)CCC1. The number of halogens is 1. The van der Waals surface area contributed by atoms with Crippen LogP contribution in [0.5, 0.6) is 0 Å². The highest BCUT2D eigenvalue weighted by Crippen LogP contribution is 2.43. The van der Waals surface area contributed by atoms with E-state index in [4.69, 9.17) is 0 Å². The maximum absolute atomic E-state index is 13.2. The van der Waals surface area contributed by atoms with E-state index in [-0.39, 0.29) is 5.82 Å². The largest absolute Gasteiger partial charge is 0.319 e. The van der Waals surface area contributed by atoms with Crippen LogP contribution in [0.3, 0.4) is 0 Å². The Morgan fingerprint density at radius 3 is 2.69 bits per heavy atom. The first kappa shape index (κ1) is 11.6. The number of aryl methyl sites for hydroxylation is 1. The Hall–Kier alpha value is -0.890. The molecule has 1 nitrogen and oxygen atoms in total. The molecule has 0 atom stereocenters. The minimum atomic E-state index is -0.112. The molecule has 88 valence electrons. The van der Waals surface area contributed by atoms with Gasteiger partial charge in [-0.15, -0.1) is 0 Å². The molecule has 2 rings (SSSR count). The summed E-state index contributed by atoms with van der Waals surface area (Å²) in [5, 5.41) is 3.27. The molecule has 16 heavy (non-hydrogen) atoms. The first-order valence-corrected chi connectivity index (χ1v) is 6.05. The predicted molar refractivity (Wildman–Crippen MR) is 65.1 cm³/mol. The molecule has 0 spiro atoms. The van der Waals surface area contributed by atoms with Gasteiger partial charge in [-0.1, -0.05) is 12.5 Å². The zero-order chi connectivity index (χ0) is 11.6. The van der Waals surface area contributed by atoms with Crippen molar-refractivity contribution in [1.82, 2.24) is 5.32 Å². The van der Waals surface area contributed by atoms with Gasteiger partial charge in [0.25, 0.3) is 0 Å². The third-order valence-electron chi connectivity index (χ3n) is 3.84. The van der Waals surface area contributed by atoms with Gasteiger partial charge in [-0.25, -0.2) is 4.39 Å². The summed E-state index contributed by atoms with van der Waals surface area (Å²) < 4.78 is 13.2. The molecule has 0 amide bonds. The summed E-state index contributed by atoms with van der Waals surface area (Å²) in [7, 11) is 2.00. The normalized spacial score (nSPS) is 18.2. The van der Waals surface area contributed by atoms with Crippen molar-refractivity contribution in [1.29, 1.82) is 0 Å². The smallest absolute Gasteiger partial charge is 0.123 e. The Balaban J connectivity index is 2.15. The highest BCUT2D eigenvalue weighted by molar-refractivity contribution is 5.28. The zero-order valence-corrected chi connectivity index (χ0v) is 10.1. The van der Waals surface area contributed by atoms with Crippen LogP contribution in [0, 0.1) is 18.2 Å². The standard InChI is InChI=1S/C14H20FN/c1-11-4-5-13(15)8-12(11)9-14(10-16-2)6-3-7-14/h4-5,8,16H,3,6-7,9-10H2,1-2H3. The van der Waals surface area contributed by atoms with E-state index < -0.39 is 0 Å². The number of benzene rings is 1. The molecule has 1 saturated carbocycles. The van der Waals surface area contributed by atoms with Crippen LogP contribution in [0.2, 0.25) is 0 Å². The van der Waals surface area contributed by atoms with Crippen LogP contribution in [0.25, 0.3) is 0 Å². The van der Waals surface area contributed by atoms with Crippen LogP contribution < -0.4 is 5.32 Å². The number of rotatable bonds is 4. The van der Waals surface area contributed by atoms with Crippen LogP contribution in [0.15, 0.2) is 18.2 Å². The van der Waals surface area contributed by atoms with E-state index in [0.717, 1.165) is 13.0 Å². The topological polar surface area (TPSA) is 12.0 Å². The summed E-state index contributed by atoms with van der Waals surface area (Å²) in [5.74, 6) is -0.112. The highest BCUT2D eigenvalue weighted by atomic mass is 19.1. The molecule has 0 heterocycles. The molecule has 1 fully saturated rings. The van der Waals surface area contributed by atoms with Crippen LogP contribution in [-0.2, 0) is 6.42 Å². The molecule has 1 N–H and O–H groups in total. The van der Waals surface area contributed by atoms with Gasteiger partial charge in [0.2, 0.25) is 0 Å². The maximum atomic E-state index is 13.2. The summed E-state index contributed by atoms with van der Waals surface area (Å²) in [4.78, 5) is 0. The molecule has 0 radical (unpaired) electrons. The molecular formula is C14H20FN. The van der Waals surface area contributed by atoms with Gasteiger partial charge in [0.05, 0.1) is 0 Å². The van der Waals surface area contributed by atoms with E-state index in [1.54, 1.807) is 12.1 Å². The Labute approximate surface area is 97.1 Å². The number of nitrogens with one attached hydrogen (secondary N) is 1. The van der Waals surface area contributed by atoms with E-state index in [2.05, 4.69) is 12.2 Å². The summed E-state index contributed by atoms with van der Waals surface area (Å²) in [5.41, 5.74) is 2.77. The summed E-state index contributed by atoms with van der Waals surface area (Å²) in [6.45, 7) is 3.11. The molecule has 0 aliphatic heterocycles. The van der Waals surface area contributed by atoms with Crippen molar-refractivity contribution in [3.63, 3.8) is 0 Å². The third kappa shape index (κ3) is 2.27. The predicted octanol–water partition coefficient (Wildman–Crippen LogP) is 3.07. The van der Waals surface area contributed by atoms with E-state index in [1.165, 1.54) is 30.4 Å². The van der Waals surface area contributed by atoms with Crippen molar-refractivity contribution in [2.75, 3.05) is 13.6 Å². The lowest BCUT2D eigenvalue weighted by Crippen LogP contribution is -2.40. The Bertz CT molecular complexity index is 369. The fourth-order valence-electron chi connectivity index (χ4n) is 2.70. The van der Waals surface area contributed by atoms with Crippen molar-refractivity contribution in [3.8, 4) is 0 Å². The second kappa shape index (κ2) is 4.54. The first-order valence-electron chi connectivity index (χ1n) is 6.05. The lowest BCUT2D eigenvalue weighted by molar-refractivity contribution is 0.133. The van der Waals surface area contributed by atoms with Crippen molar-refractivity contribution in [3.05, 3.63) is 35.1 Å². The third-order valence-corrected chi connectivity index (χ3v) is 3.84. The van der Waals surface area contributed by atoms with Gasteiger partial charge in [-0.05, 0) is 61.9 Å². The number of hydrogen-bond acceptors (Lipinski definition) is 1. The Morgan fingerprint density at radius 1 is 1.38 bits per heavy atom. The molecule has 0 bridgehead atoms. The molecule has 1 aromatic carbocycles. The second-order valence-electron chi connectivity index (χ2n) is 5.13. The maximum Gasteiger partial charge on any atom is 0.123 e. The zero-order valence-electron chi connectivity index (χ0n) is 10.1. The second-order valence-corrected chi connectivity index (χ2v) is 5.13. The van der Waals surface area contributed by atoms with Crippen molar-refractivity contribution in [2.24, 2.45) is 5.41 Å². The molecule has 0 unspecified atom stereocenters. The van der Waals surface area contributed by atoms with Gasteiger partial charge in [0, 0.05) is 6.54 Å². The summed E-state index contributed by atoms with van der Waals surface area (Å²) >= 11 is 0. The van der Waals surface area contributed by atoms with Gasteiger partial charge in [0.1, 0.15) is 5.82 Å². The molecule has 0 saturated heterocycles. The molecular weight excluding hydrogens is 201 g/mol. The van der Waals surface area contributed by atoms with Crippen molar-refractivity contribution >= 4 is 0 Å². The molecule has 1 aliphatic rings. The molecule has 2 heteroatoms. The first-order chi connectivity index (χ1) is 7.65. The monoisotopic (exact) mass is 221 g/mol. The Morgan fingerprint density at radius 2 is 2.12 bits per heavy atom. The van der Waals surface area contributed by atoms with E-state index in [0.29, 0.717) is 5.41 Å². The molecule has 1 aromatic rings. The van der Waals surface area contributed by atoms with Crippen LogP contribution >= 0.6 is 0 Å².